The van der Waals surface area contributed by atoms with Crippen LogP contribution in [-0.2, 0) is 6.54 Å². The zero-order valence-corrected chi connectivity index (χ0v) is 12.5. The van der Waals surface area contributed by atoms with Gasteiger partial charge in [0.05, 0.1) is 0 Å². The van der Waals surface area contributed by atoms with Gasteiger partial charge in [-0.15, -0.1) is 0 Å². The van der Waals surface area contributed by atoms with Crippen molar-refractivity contribution < 1.29 is 5.11 Å². The first-order chi connectivity index (χ1) is 9.15. The van der Waals surface area contributed by atoms with E-state index >= 15 is 0 Å². The number of unbranched alkanes of at least 4 members (excludes halogenated alkanes) is 2. The SMILES string of the molecule is CC(C)NCc1ccccc1N(C)CCCCCO. The molecular formula is C16H28N2O. The van der Waals surface area contributed by atoms with Gasteiger partial charge >= 0.3 is 0 Å². The van der Waals surface area contributed by atoms with E-state index < -0.39 is 0 Å². The molecule has 0 spiro atoms. The van der Waals surface area contributed by atoms with Gasteiger partial charge in [-0.05, 0) is 30.9 Å². The van der Waals surface area contributed by atoms with Crippen LogP contribution in [0.2, 0.25) is 0 Å². The van der Waals surface area contributed by atoms with Crippen LogP contribution in [0, 0.1) is 0 Å². The lowest BCUT2D eigenvalue weighted by molar-refractivity contribution is 0.283. The van der Waals surface area contributed by atoms with Crippen molar-refractivity contribution in [2.45, 2.75) is 45.7 Å². The molecule has 3 nitrogen and oxygen atoms in total. The monoisotopic (exact) mass is 264 g/mol. The van der Waals surface area contributed by atoms with Crippen LogP contribution >= 0.6 is 0 Å². The smallest absolute Gasteiger partial charge is 0.0431 e. The molecule has 1 aromatic rings. The summed E-state index contributed by atoms with van der Waals surface area (Å²) in [6, 6.07) is 9.07. The molecule has 0 aliphatic rings. The highest BCUT2D eigenvalue weighted by molar-refractivity contribution is 5.52. The molecule has 0 aliphatic heterocycles. The number of anilines is 1. The summed E-state index contributed by atoms with van der Waals surface area (Å²) in [6.45, 7) is 6.59. The number of rotatable bonds is 9. The lowest BCUT2D eigenvalue weighted by atomic mass is 10.1. The fraction of sp³-hybridized carbons (Fsp3) is 0.625. The molecule has 0 amide bonds. The molecule has 0 fully saturated rings. The second-order valence-corrected chi connectivity index (χ2v) is 5.37. The van der Waals surface area contributed by atoms with Crippen molar-refractivity contribution >= 4 is 5.69 Å². The Balaban J connectivity index is 2.54. The summed E-state index contributed by atoms with van der Waals surface area (Å²) in [4.78, 5) is 2.31. The van der Waals surface area contributed by atoms with Gasteiger partial charge in [-0.3, -0.25) is 0 Å². The van der Waals surface area contributed by atoms with Gasteiger partial charge in [0.1, 0.15) is 0 Å². The van der Waals surface area contributed by atoms with Crippen molar-refractivity contribution in [1.29, 1.82) is 0 Å². The van der Waals surface area contributed by atoms with E-state index in [9.17, 15) is 0 Å². The number of benzene rings is 1. The molecule has 0 radical (unpaired) electrons. The van der Waals surface area contributed by atoms with Crippen molar-refractivity contribution in [2.75, 3.05) is 25.1 Å². The highest BCUT2D eigenvalue weighted by Gasteiger charge is 2.06. The van der Waals surface area contributed by atoms with Crippen LogP contribution in [0.3, 0.4) is 0 Å². The van der Waals surface area contributed by atoms with Gasteiger partial charge in [0.25, 0.3) is 0 Å². The first kappa shape index (κ1) is 16.0. The fourth-order valence-electron chi connectivity index (χ4n) is 2.10. The first-order valence-corrected chi connectivity index (χ1v) is 7.28. The Bertz CT molecular complexity index is 352. The number of hydrogen-bond acceptors (Lipinski definition) is 3. The van der Waals surface area contributed by atoms with E-state index in [2.05, 4.69) is 55.4 Å². The number of nitrogens with one attached hydrogen (secondary N) is 1. The Kier molecular flexibility index (Phi) is 7.53. The highest BCUT2D eigenvalue weighted by Crippen LogP contribution is 2.19. The maximum Gasteiger partial charge on any atom is 0.0431 e. The lowest BCUT2D eigenvalue weighted by Gasteiger charge is -2.23. The maximum absolute atomic E-state index is 8.79. The molecule has 1 aromatic carbocycles. The van der Waals surface area contributed by atoms with Crippen LogP contribution in [0.4, 0.5) is 5.69 Å². The van der Waals surface area contributed by atoms with E-state index in [0.29, 0.717) is 12.6 Å². The van der Waals surface area contributed by atoms with Crippen LogP contribution in [0.1, 0.15) is 38.7 Å². The summed E-state index contributed by atoms with van der Waals surface area (Å²) in [5.41, 5.74) is 2.65. The number of aliphatic hydroxyl groups excluding tert-OH is 1. The van der Waals surface area contributed by atoms with E-state index in [-0.39, 0.29) is 0 Å². The molecule has 0 atom stereocenters. The van der Waals surface area contributed by atoms with E-state index in [1.807, 2.05) is 0 Å². The Hall–Kier alpha value is -1.06. The molecule has 1 rings (SSSR count). The van der Waals surface area contributed by atoms with Crippen molar-refractivity contribution in [1.82, 2.24) is 5.32 Å². The number of para-hydroxylation sites is 1. The number of nitrogens with zero attached hydrogens (tertiary/aromatic N) is 1. The second-order valence-electron chi connectivity index (χ2n) is 5.37. The fourth-order valence-corrected chi connectivity index (χ4v) is 2.10. The maximum atomic E-state index is 8.79. The minimum Gasteiger partial charge on any atom is -0.396 e. The third-order valence-corrected chi connectivity index (χ3v) is 3.26. The summed E-state index contributed by atoms with van der Waals surface area (Å²) >= 11 is 0. The topological polar surface area (TPSA) is 35.5 Å². The molecule has 0 saturated carbocycles. The predicted octanol–water partition coefficient (Wildman–Crippen LogP) is 2.78. The zero-order chi connectivity index (χ0) is 14.1. The Morgan fingerprint density at radius 2 is 1.89 bits per heavy atom. The van der Waals surface area contributed by atoms with Gasteiger partial charge in [-0.2, -0.15) is 0 Å². The second kappa shape index (κ2) is 8.94. The lowest BCUT2D eigenvalue weighted by Crippen LogP contribution is -2.25. The molecule has 0 saturated heterocycles. The predicted molar refractivity (Wildman–Crippen MR) is 82.6 cm³/mol. The quantitative estimate of drug-likeness (QED) is 0.673. The summed E-state index contributed by atoms with van der Waals surface area (Å²) in [5, 5.41) is 12.3. The molecular weight excluding hydrogens is 236 g/mol. The highest BCUT2D eigenvalue weighted by atomic mass is 16.2. The first-order valence-electron chi connectivity index (χ1n) is 7.28. The van der Waals surface area contributed by atoms with Crippen LogP contribution in [0.15, 0.2) is 24.3 Å². The van der Waals surface area contributed by atoms with Gasteiger partial charge in [-0.25, -0.2) is 0 Å². The minimum atomic E-state index is 0.304. The molecule has 0 heterocycles. The Labute approximate surface area is 117 Å². The average molecular weight is 264 g/mol. The molecule has 2 N–H and O–H groups in total. The average Bonchev–Trinajstić information content (AvgIpc) is 2.41. The van der Waals surface area contributed by atoms with Gasteiger partial charge in [0.2, 0.25) is 0 Å². The van der Waals surface area contributed by atoms with Gasteiger partial charge in [0.15, 0.2) is 0 Å². The van der Waals surface area contributed by atoms with E-state index in [1.54, 1.807) is 0 Å². The van der Waals surface area contributed by atoms with Crippen molar-refractivity contribution in [3.8, 4) is 0 Å². The van der Waals surface area contributed by atoms with Gasteiger partial charge in [-0.1, -0.05) is 32.0 Å². The van der Waals surface area contributed by atoms with E-state index in [0.717, 1.165) is 32.4 Å². The molecule has 0 aromatic heterocycles. The molecule has 0 aliphatic carbocycles. The summed E-state index contributed by atoms with van der Waals surface area (Å²) in [7, 11) is 2.15. The van der Waals surface area contributed by atoms with Crippen molar-refractivity contribution in [3.63, 3.8) is 0 Å². The molecule has 3 heteroatoms. The van der Waals surface area contributed by atoms with Gasteiger partial charge < -0.3 is 15.3 Å². The summed E-state index contributed by atoms with van der Waals surface area (Å²) in [6.07, 6.45) is 3.13. The van der Waals surface area contributed by atoms with Gasteiger partial charge in [0, 0.05) is 38.5 Å². The molecule has 19 heavy (non-hydrogen) atoms. The minimum absolute atomic E-state index is 0.304. The summed E-state index contributed by atoms with van der Waals surface area (Å²) in [5.74, 6) is 0. The normalized spacial score (nSPS) is 11.0. The number of hydrogen-bond donors (Lipinski definition) is 2. The van der Waals surface area contributed by atoms with E-state index in [1.165, 1.54) is 11.3 Å². The van der Waals surface area contributed by atoms with Crippen molar-refractivity contribution in [3.05, 3.63) is 29.8 Å². The van der Waals surface area contributed by atoms with Crippen LogP contribution in [0.25, 0.3) is 0 Å². The molecule has 108 valence electrons. The van der Waals surface area contributed by atoms with Crippen LogP contribution in [-0.4, -0.2) is 31.3 Å². The molecule has 0 unspecified atom stereocenters. The third kappa shape index (κ3) is 6.08. The zero-order valence-electron chi connectivity index (χ0n) is 12.5. The third-order valence-electron chi connectivity index (χ3n) is 3.26. The number of aliphatic hydroxyl groups is 1. The van der Waals surface area contributed by atoms with Crippen LogP contribution in [0.5, 0.6) is 0 Å². The summed E-state index contributed by atoms with van der Waals surface area (Å²) < 4.78 is 0. The Morgan fingerprint density at radius 1 is 1.16 bits per heavy atom. The van der Waals surface area contributed by atoms with Crippen LogP contribution < -0.4 is 10.2 Å². The van der Waals surface area contributed by atoms with Crippen molar-refractivity contribution in [2.24, 2.45) is 0 Å². The Morgan fingerprint density at radius 3 is 2.58 bits per heavy atom. The molecule has 0 bridgehead atoms. The largest absolute Gasteiger partial charge is 0.396 e. The standard InChI is InChI=1S/C16H28N2O/c1-14(2)17-13-15-9-5-6-10-16(15)18(3)11-7-4-8-12-19/h5-6,9-10,14,17,19H,4,7-8,11-13H2,1-3H3. The van der Waals surface area contributed by atoms with E-state index in [4.69, 9.17) is 5.11 Å².